The number of thioether (sulfide) groups is 1. The zero-order valence-corrected chi connectivity index (χ0v) is 16.8. The highest BCUT2D eigenvalue weighted by atomic mass is 32.2. The molecule has 0 saturated carbocycles. The minimum atomic E-state index is -0.216. The Kier molecular flexibility index (Phi) is 6.32. The molecule has 138 valence electrons. The van der Waals surface area contributed by atoms with Crippen molar-refractivity contribution in [2.75, 3.05) is 18.6 Å². The summed E-state index contributed by atoms with van der Waals surface area (Å²) in [6.07, 6.45) is 2.03. The van der Waals surface area contributed by atoms with E-state index in [1.165, 1.54) is 16.2 Å². The molecule has 0 spiro atoms. The first-order valence-electron chi connectivity index (χ1n) is 8.39. The number of para-hydroxylation sites is 1. The van der Waals surface area contributed by atoms with E-state index in [9.17, 15) is 9.59 Å². The maximum absolute atomic E-state index is 12.9. The van der Waals surface area contributed by atoms with Crippen LogP contribution in [-0.2, 0) is 6.54 Å². The zero-order valence-electron chi connectivity index (χ0n) is 15.1. The van der Waals surface area contributed by atoms with Crippen molar-refractivity contribution >= 4 is 40.6 Å². The zero-order chi connectivity index (χ0) is 19.2. The van der Waals surface area contributed by atoms with E-state index in [1.807, 2.05) is 35.9 Å². The fraction of sp³-hybridized carbons (Fsp3) is 0.143. The first kappa shape index (κ1) is 19.2. The molecular formula is C21H20N2O2S2. The third-order valence-electron chi connectivity index (χ3n) is 4.11. The molecule has 0 fully saturated rings. The Balaban J connectivity index is 1.74. The predicted molar refractivity (Wildman–Crippen MR) is 113 cm³/mol. The first-order valence-corrected chi connectivity index (χ1v) is 10.6. The fourth-order valence-electron chi connectivity index (χ4n) is 2.65. The fourth-order valence-corrected chi connectivity index (χ4v) is 3.69. The van der Waals surface area contributed by atoms with Gasteiger partial charge in [-0.3, -0.25) is 9.59 Å². The Morgan fingerprint density at radius 1 is 1.07 bits per heavy atom. The van der Waals surface area contributed by atoms with E-state index in [2.05, 4.69) is 5.32 Å². The van der Waals surface area contributed by atoms with Crippen LogP contribution in [0.2, 0.25) is 0 Å². The predicted octanol–water partition coefficient (Wildman–Crippen LogP) is 4.99. The normalized spacial score (nSPS) is 10.4. The number of nitrogens with one attached hydrogen (secondary N) is 1. The second-order valence-electron chi connectivity index (χ2n) is 6.02. The molecule has 4 nitrogen and oxygen atoms in total. The molecule has 2 aromatic carbocycles. The number of anilines is 1. The lowest BCUT2D eigenvalue weighted by Crippen LogP contribution is -2.27. The SMILES string of the molecule is CSc1ccc(CN(C)C(=O)c2ccccc2NC(=O)c2ccsc2)cc1. The van der Waals surface area contributed by atoms with Crippen LogP contribution in [0, 0.1) is 0 Å². The van der Waals surface area contributed by atoms with Crippen LogP contribution in [0.1, 0.15) is 26.3 Å². The van der Waals surface area contributed by atoms with E-state index in [1.54, 1.807) is 59.4 Å². The number of thiophene rings is 1. The Morgan fingerprint density at radius 2 is 1.81 bits per heavy atom. The molecule has 1 heterocycles. The summed E-state index contributed by atoms with van der Waals surface area (Å²) >= 11 is 3.15. The summed E-state index contributed by atoms with van der Waals surface area (Å²) in [5.41, 5.74) is 2.64. The van der Waals surface area contributed by atoms with E-state index in [-0.39, 0.29) is 11.8 Å². The van der Waals surface area contributed by atoms with Gasteiger partial charge in [0.15, 0.2) is 0 Å². The molecule has 0 radical (unpaired) electrons. The van der Waals surface area contributed by atoms with E-state index < -0.39 is 0 Å². The van der Waals surface area contributed by atoms with Gasteiger partial charge in [-0.2, -0.15) is 11.3 Å². The Bertz CT molecular complexity index is 922. The molecule has 0 saturated heterocycles. The summed E-state index contributed by atoms with van der Waals surface area (Å²) in [7, 11) is 1.77. The van der Waals surface area contributed by atoms with Crippen molar-refractivity contribution in [2.45, 2.75) is 11.4 Å². The number of hydrogen-bond acceptors (Lipinski definition) is 4. The smallest absolute Gasteiger partial charge is 0.256 e. The van der Waals surface area contributed by atoms with E-state index in [0.29, 0.717) is 23.4 Å². The highest BCUT2D eigenvalue weighted by Crippen LogP contribution is 2.20. The molecule has 0 unspecified atom stereocenters. The Labute approximate surface area is 167 Å². The van der Waals surface area contributed by atoms with Crippen molar-refractivity contribution in [1.29, 1.82) is 0 Å². The molecule has 0 bridgehead atoms. The van der Waals surface area contributed by atoms with Gasteiger partial charge >= 0.3 is 0 Å². The number of carbonyl (C=O) groups is 2. The summed E-state index contributed by atoms with van der Waals surface area (Å²) < 4.78 is 0. The van der Waals surface area contributed by atoms with Gasteiger partial charge in [0.05, 0.1) is 16.8 Å². The van der Waals surface area contributed by atoms with Crippen LogP contribution in [0.25, 0.3) is 0 Å². The summed E-state index contributed by atoms with van der Waals surface area (Å²) in [5.74, 6) is -0.350. The summed E-state index contributed by atoms with van der Waals surface area (Å²) in [4.78, 5) is 28.1. The molecule has 0 atom stereocenters. The summed E-state index contributed by atoms with van der Waals surface area (Å²) in [5, 5.41) is 6.48. The first-order chi connectivity index (χ1) is 13.1. The number of amides is 2. The van der Waals surface area contributed by atoms with Crippen molar-refractivity contribution in [3.8, 4) is 0 Å². The monoisotopic (exact) mass is 396 g/mol. The van der Waals surface area contributed by atoms with Crippen LogP contribution >= 0.6 is 23.1 Å². The number of carbonyl (C=O) groups excluding carboxylic acids is 2. The van der Waals surface area contributed by atoms with Crippen LogP contribution in [0.15, 0.2) is 70.3 Å². The third-order valence-corrected chi connectivity index (χ3v) is 5.54. The molecular weight excluding hydrogens is 376 g/mol. The van der Waals surface area contributed by atoms with Gasteiger partial charge in [0, 0.05) is 23.9 Å². The van der Waals surface area contributed by atoms with E-state index in [0.717, 1.165) is 5.56 Å². The van der Waals surface area contributed by atoms with Crippen LogP contribution in [0.4, 0.5) is 5.69 Å². The molecule has 0 aliphatic carbocycles. The molecule has 3 aromatic rings. The molecule has 1 N–H and O–H groups in total. The largest absolute Gasteiger partial charge is 0.337 e. The van der Waals surface area contributed by atoms with Gasteiger partial charge in [-0.1, -0.05) is 24.3 Å². The average molecular weight is 397 g/mol. The van der Waals surface area contributed by atoms with Gasteiger partial charge in [0.25, 0.3) is 11.8 Å². The molecule has 6 heteroatoms. The van der Waals surface area contributed by atoms with Gasteiger partial charge in [-0.25, -0.2) is 0 Å². The Hall–Kier alpha value is -2.57. The second-order valence-corrected chi connectivity index (χ2v) is 7.68. The lowest BCUT2D eigenvalue weighted by Gasteiger charge is -2.19. The minimum absolute atomic E-state index is 0.134. The van der Waals surface area contributed by atoms with Gasteiger partial charge in [-0.05, 0) is 47.5 Å². The van der Waals surface area contributed by atoms with Crippen molar-refractivity contribution < 1.29 is 9.59 Å². The molecule has 27 heavy (non-hydrogen) atoms. The highest BCUT2D eigenvalue weighted by Gasteiger charge is 2.17. The maximum atomic E-state index is 12.9. The second kappa shape index (κ2) is 8.88. The molecule has 1 aromatic heterocycles. The molecule has 3 rings (SSSR count). The van der Waals surface area contributed by atoms with Crippen molar-refractivity contribution in [3.05, 3.63) is 82.0 Å². The topological polar surface area (TPSA) is 49.4 Å². The van der Waals surface area contributed by atoms with Gasteiger partial charge < -0.3 is 10.2 Å². The number of nitrogens with zero attached hydrogens (tertiary/aromatic N) is 1. The molecule has 0 aliphatic rings. The van der Waals surface area contributed by atoms with E-state index in [4.69, 9.17) is 0 Å². The van der Waals surface area contributed by atoms with Crippen LogP contribution in [-0.4, -0.2) is 30.0 Å². The number of rotatable bonds is 6. The molecule has 0 aliphatic heterocycles. The van der Waals surface area contributed by atoms with Crippen LogP contribution in [0.5, 0.6) is 0 Å². The van der Waals surface area contributed by atoms with E-state index >= 15 is 0 Å². The Morgan fingerprint density at radius 3 is 2.48 bits per heavy atom. The quantitative estimate of drug-likeness (QED) is 0.597. The van der Waals surface area contributed by atoms with Crippen molar-refractivity contribution in [1.82, 2.24) is 4.90 Å². The maximum Gasteiger partial charge on any atom is 0.256 e. The molecule has 2 amide bonds. The minimum Gasteiger partial charge on any atom is -0.337 e. The number of hydrogen-bond donors (Lipinski definition) is 1. The average Bonchev–Trinajstić information content (AvgIpc) is 3.23. The summed E-state index contributed by atoms with van der Waals surface area (Å²) in [6.45, 7) is 0.500. The third kappa shape index (κ3) is 4.78. The van der Waals surface area contributed by atoms with Gasteiger partial charge in [0.1, 0.15) is 0 Å². The van der Waals surface area contributed by atoms with Crippen molar-refractivity contribution in [3.63, 3.8) is 0 Å². The lowest BCUT2D eigenvalue weighted by molar-refractivity contribution is 0.0786. The standard InChI is InChI=1S/C21H20N2O2S2/c1-23(13-15-7-9-17(26-2)10-8-15)21(25)18-5-3-4-6-19(18)22-20(24)16-11-12-27-14-16/h3-12,14H,13H2,1-2H3,(H,22,24). The van der Waals surface area contributed by atoms with Crippen LogP contribution < -0.4 is 5.32 Å². The van der Waals surface area contributed by atoms with Gasteiger partial charge in [0.2, 0.25) is 0 Å². The highest BCUT2D eigenvalue weighted by molar-refractivity contribution is 7.98. The van der Waals surface area contributed by atoms with Crippen LogP contribution in [0.3, 0.4) is 0 Å². The summed E-state index contributed by atoms with van der Waals surface area (Å²) in [6, 6.07) is 17.0. The van der Waals surface area contributed by atoms with Gasteiger partial charge in [-0.15, -0.1) is 11.8 Å². The number of benzene rings is 2. The van der Waals surface area contributed by atoms with Crippen molar-refractivity contribution in [2.24, 2.45) is 0 Å². The lowest BCUT2D eigenvalue weighted by atomic mass is 10.1.